The highest BCUT2D eigenvalue weighted by Crippen LogP contribution is 2.36. The summed E-state index contributed by atoms with van der Waals surface area (Å²) in [7, 11) is 0.604. The lowest BCUT2D eigenvalue weighted by Gasteiger charge is -2.24. The third-order valence-corrected chi connectivity index (χ3v) is 7.58. The van der Waals surface area contributed by atoms with Crippen molar-refractivity contribution in [2.45, 2.75) is 11.3 Å². The Labute approximate surface area is 152 Å². The number of aromatic nitrogens is 3. The van der Waals surface area contributed by atoms with Crippen LogP contribution in [0.3, 0.4) is 0 Å². The first kappa shape index (κ1) is 17.2. The van der Waals surface area contributed by atoms with Crippen LogP contribution in [0.4, 0.5) is 0 Å². The highest BCUT2D eigenvalue weighted by atomic mass is 32.2. The summed E-state index contributed by atoms with van der Waals surface area (Å²) >= 11 is 0. The molecule has 2 aliphatic rings. The molecule has 2 aromatic rings. The fourth-order valence-electron chi connectivity index (χ4n) is 3.98. The molecule has 0 aliphatic carbocycles. The summed E-state index contributed by atoms with van der Waals surface area (Å²) in [5, 5.41) is 6.45. The van der Waals surface area contributed by atoms with Gasteiger partial charge in [-0.1, -0.05) is 6.07 Å². The average Bonchev–Trinajstić information content (AvgIpc) is 3.31. The van der Waals surface area contributed by atoms with E-state index in [1.54, 1.807) is 17.2 Å². The van der Waals surface area contributed by atoms with Crippen LogP contribution in [0, 0.1) is 5.92 Å². The Kier molecular flexibility index (Phi) is 4.07. The maximum Gasteiger partial charge on any atom is 0.271 e. The van der Waals surface area contributed by atoms with Crippen LogP contribution >= 0.6 is 0 Å². The molecule has 4 heterocycles. The number of aromatic amines is 1. The number of hydrogen-bond donors (Lipinski definition) is 1. The highest BCUT2D eigenvalue weighted by molar-refractivity contribution is 7.92. The number of nitrogens with one attached hydrogen (secondary N) is 1. The van der Waals surface area contributed by atoms with Gasteiger partial charge in [0.05, 0.1) is 16.7 Å². The van der Waals surface area contributed by atoms with E-state index >= 15 is 0 Å². The molecule has 4 rings (SSSR count). The number of carbonyl (C=O) groups excluding carboxylic acids is 1. The molecule has 2 fully saturated rings. The van der Waals surface area contributed by atoms with Gasteiger partial charge in [0.25, 0.3) is 5.91 Å². The van der Waals surface area contributed by atoms with Crippen LogP contribution in [0.2, 0.25) is 0 Å². The van der Waals surface area contributed by atoms with E-state index in [-0.39, 0.29) is 30.2 Å². The van der Waals surface area contributed by atoms with Gasteiger partial charge in [-0.2, -0.15) is 5.10 Å². The summed E-state index contributed by atoms with van der Waals surface area (Å²) in [6, 6.07) is 7.10. The van der Waals surface area contributed by atoms with Crippen molar-refractivity contribution in [1.29, 1.82) is 0 Å². The van der Waals surface area contributed by atoms with E-state index in [9.17, 15) is 13.2 Å². The molecular formula is C17H21N5O3S. The van der Waals surface area contributed by atoms with Crippen LogP contribution in [0.25, 0.3) is 11.4 Å². The lowest BCUT2D eigenvalue weighted by atomic mass is 10.00. The van der Waals surface area contributed by atoms with Crippen LogP contribution in [0.15, 0.2) is 30.5 Å². The molecule has 0 unspecified atom stereocenters. The van der Waals surface area contributed by atoms with E-state index < -0.39 is 15.1 Å². The van der Waals surface area contributed by atoms with Crippen molar-refractivity contribution in [3.05, 3.63) is 36.2 Å². The summed E-state index contributed by atoms with van der Waals surface area (Å²) in [6.07, 6.45) is 1.67. The smallest absolute Gasteiger partial charge is 0.271 e. The average molecular weight is 375 g/mol. The maximum atomic E-state index is 12.8. The molecule has 3 atom stereocenters. The van der Waals surface area contributed by atoms with E-state index in [1.165, 1.54) is 0 Å². The molecule has 9 heteroatoms. The summed E-state index contributed by atoms with van der Waals surface area (Å²) in [6.45, 7) is 0.692. The fraction of sp³-hybridized carbons (Fsp3) is 0.471. The van der Waals surface area contributed by atoms with Crippen molar-refractivity contribution < 1.29 is 13.2 Å². The third-order valence-electron chi connectivity index (χ3n) is 5.35. The van der Waals surface area contributed by atoms with Gasteiger partial charge in [0, 0.05) is 31.2 Å². The third kappa shape index (κ3) is 2.80. The SMILES string of the molecule is CN(C)[C@H]1CS(=O)(=O)[C@H]2CN(C(=O)c3cc(-c4ccccn4)n[nH]3)C[C@@H]12. The lowest BCUT2D eigenvalue weighted by molar-refractivity contribution is 0.0774. The van der Waals surface area contributed by atoms with Crippen LogP contribution in [-0.2, 0) is 9.84 Å². The fourth-order valence-corrected chi connectivity index (χ4v) is 6.45. The zero-order valence-corrected chi connectivity index (χ0v) is 15.5. The molecule has 0 spiro atoms. The molecule has 0 bridgehead atoms. The van der Waals surface area contributed by atoms with Gasteiger partial charge in [0.1, 0.15) is 11.4 Å². The summed E-state index contributed by atoms with van der Waals surface area (Å²) in [4.78, 5) is 20.6. The number of hydrogen-bond acceptors (Lipinski definition) is 6. The number of carbonyl (C=O) groups is 1. The largest absolute Gasteiger partial charge is 0.336 e. The van der Waals surface area contributed by atoms with Crippen LogP contribution in [0.5, 0.6) is 0 Å². The van der Waals surface area contributed by atoms with Crippen molar-refractivity contribution in [2.75, 3.05) is 32.9 Å². The quantitative estimate of drug-likeness (QED) is 0.827. The number of amides is 1. The molecule has 2 aromatic heterocycles. The predicted octanol–water partition coefficient (Wildman–Crippen LogP) is 0.271. The summed E-state index contributed by atoms with van der Waals surface area (Å²) in [5.41, 5.74) is 1.62. The molecule has 2 saturated heterocycles. The summed E-state index contributed by atoms with van der Waals surface area (Å²) < 4.78 is 24.9. The van der Waals surface area contributed by atoms with E-state index in [1.807, 2.05) is 37.2 Å². The molecule has 0 radical (unpaired) electrons. The standard InChI is InChI=1S/C17H21N5O3S/c1-21(2)15-10-26(24,25)16-9-22(8-11(15)16)17(23)14-7-13(19-20-14)12-5-3-4-6-18-12/h3-7,11,15-16H,8-10H2,1-2H3,(H,19,20)/t11-,15-,16-/m0/s1. The Morgan fingerprint density at radius 1 is 1.27 bits per heavy atom. The molecule has 2 aliphatic heterocycles. The number of likely N-dealkylation sites (tertiary alicyclic amines) is 1. The van der Waals surface area contributed by atoms with Gasteiger partial charge in [0.2, 0.25) is 0 Å². The molecule has 138 valence electrons. The first-order valence-electron chi connectivity index (χ1n) is 8.51. The number of pyridine rings is 1. The Morgan fingerprint density at radius 2 is 2.08 bits per heavy atom. The van der Waals surface area contributed by atoms with Gasteiger partial charge in [-0.3, -0.25) is 14.9 Å². The zero-order chi connectivity index (χ0) is 18.5. The van der Waals surface area contributed by atoms with Gasteiger partial charge in [-0.05, 0) is 32.3 Å². The van der Waals surface area contributed by atoms with Crippen molar-refractivity contribution in [1.82, 2.24) is 25.0 Å². The number of rotatable bonds is 3. The number of nitrogens with zero attached hydrogens (tertiary/aromatic N) is 4. The zero-order valence-electron chi connectivity index (χ0n) is 14.7. The van der Waals surface area contributed by atoms with Gasteiger partial charge in [0.15, 0.2) is 9.84 Å². The molecule has 0 saturated carbocycles. The summed E-state index contributed by atoms with van der Waals surface area (Å²) in [5.74, 6) is -0.0930. The van der Waals surface area contributed by atoms with Gasteiger partial charge >= 0.3 is 0 Å². The van der Waals surface area contributed by atoms with Gasteiger partial charge < -0.3 is 9.80 Å². The minimum Gasteiger partial charge on any atom is -0.336 e. The molecule has 0 aromatic carbocycles. The van der Waals surface area contributed by atoms with Crippen LogP contribution < -0.4 is 0 Å². The maximum absolute atomic E-state index is 12.8. The van der Waals surface area contributed by atoms with Gasteiger partial charge in [-0.15, -0.1) is 0 Å². The Bertz CT molecular complexity index is 925. The van der Waals surface area contributed by atoms with E-state index in [2.05, 4.69) is 15.2 Å². The topological polar surface area (TPSA) is 99.3 Å². The van der Waals surface area contributed by atoms with Crippen LogP contribution in [-0.4, -0.2) is 83.5 Å². The molecule has 1 N–H and O–H groups in total. The van der Waals surface area contributed by atoms with E-state index in [0.29, 0.717) is 23.6 Å². The predicted molar refractivity (Wildman–Crippen MR) is 96.3 cm³/mol. The Balaban J connectivity index is 1.55. The molecular weight excluding hydrogens is 354 g/mol. The highest BCUT2D eigenvalue weighted by Gasteiger charge is 2.53. The molecule has 26 heavy (non-hydrogen) atoms. The van der Waals surface area contributed by atoms with Gasteiger partial charge in [-0.25, -0.2) is 8.42 Å². The first-order chi connectivity index (χ1) is 12.4. The van der Waals surface area contributed by atoms with Crippen molar-refractivity contribution in [3.8, 4) is 11.4 Å². The number of H-pyrrole nitrogens is 1. The minimum absolute atomic E-state index is 0.0443. The van der Waals surface area contributed by atoms with Crippen molar-refractivity contribution >= 4 is 15.7 Å². The first-order valence-corrected chi connectivity index (χ1v) is 10.2. The van der Waals surface area contributed by atoms with Crippen LogP contribution in [0.1, 0.15) is 10.5 Å². The van der Waals surface area contributed by atoms with Crippen molar-refractivity contribution in [3.63, 3.8) is 0 Å². The Morgan fingerprint density at radius 3 is 2.77 bits per heavy atom. The molecule has 8 nitrogen and oxygen atoms in total. The lowest BCUT2D eigenvalue weighted by Crippen LogP contribution is -2.38. The van der Waals surface area contributed by atoms with E-state index in [0.717, 1.165) is 0 Å². The van der Waals surface area contributed by atoms with E-state index in [4.69, 9.17) is 0 Å². The second-order valence-corrected chi connectivity index (χ2v) is 9.42. The monoisotopic (exact) mass is 375 g/mol. The second-order valence-electron chi connectivity index (χ2n) is 7.15. The number of fused-ring (bicyclic) bond motifs is 1. The number of sulfone groups is 1. The Hall–Kier alpha value is -2.26. The van der Waals surface area contributed by atoms with Crippen molar-refractivity contribution in [2.24, 2.45) is 5.92 Å². The normalized spacial score (nSPS) is 27.0. The second kappa shape index (κ2) is 6.17. The minimum atomic E-state index is -3.18. The molecule has 1 amide bonds.